The van der Waals surface area contributed by atoms with Gasteiger partial charge < -0.3 is 14.7 Å². The Bertz CT molecular complexity index is 1060. The Hall–Kier alpha value is -3.32. The number of hydrogen-bond acceptors (Lipinski definition) is 3. The molecule has 1 unspecified atom stereocenters. The van der Waals surface area contributed by atoms with Crippen LogP contribution in [0, 0.1) is 0 Å². The van der Waals surface area contributed by atoms with Crippen molar-refractivity contribution in [1.29, 1.82) is 0 Å². The zero-order valence-electron chi connectivity index (χ0n) is 18.5. The summed E-state index contributed by atoms with van der Waals surface area (Å²) in [6.45, 7) is 0.539. The number of fused-ring (bicyclic) bond motifs is 1. The van der Waals surface area contributed by atoms with E-state index in [1.807, 2.05) is 60.7 Å². The molecular weight excluding hydrogens is 443 g/mol. The first kappa shape index (κ1) is 23.8. The summed E-state index contributed by atoms with van der Waals surface area (Å²) in [5, 5.41) is 11.5. The number of benzene rings is 3. The standard InChI is InChI=1S/C27H26F3NO3/c28-27(29,30)14-13-24(32)31-15-16-34-23-12-11-21(17-22(23)18-31)26(33)25(19-7-3-1-4-8-19)20-9-5-2-6-10-20/h1-12,17,25-26,33H,13-16,18H2. The average molecular weight is 470 g/mol. The average Bonchev–Trinajstić information content (AvgIpc) is 3.05. The van der Waals surface area contributed by atoms with Crippen LogP contribution in [-0.4, -0.2) is 35.2 Å². The molecule has 3 aromatic carbocycles. The lowest BCUT2D eigenvalue weighted by Gasteiger charge is -2.25. The van der Waals surface area contributed by atoms with Crippen LogP contribution in [0.25, 0.3) is 0 Å². The van der Waals surface area contributed by atoms with E-state index in [0.29, 0.717) is 16.9 Å². The zero-order chi connectivity index (χ0) is 24.1. The Morgan fingerprint density at radius 3 is 2.15 bits per heavy atom. The van der Waals surface area contributed by atoms with Crippen molar-refractivity contribution in [2.24, 2.45) is 0 Å². The summed E-state index contributed by atoms with van der Waals surface area (Å²) in [5.41, 5.74) is 3.21. The predicted octanol–water partition coefficient (Wildman–Crippen LogP) is 5.62. The highest BCUT2D eigenvalue weighted by molar-refractivity contribution is 5.76. The normalized spacial score (nSPS) is 14.8. The van der Waals surface area contributed by atoms with Gasteiger partial charge >= 0.3 is 6.18 Å². The van der Waals surface area contributed by atoms with E-state index in [-0.39, 0.29) is 25.6 Å². The van der Waals surface area contributed by atoms with Crippen LogP contribution in [-0.2, 0) is 11.3 Å². The molecule has 1 aliphatic heterocycles. The summed E-state index contributed by atoms with van der Waals surface area (Å²) in [7, 11) is 0. The van der Waals surface area contributed by atoms with E-state index in [0.717, 1.165) is 11.1 Å². The Labute approximate surface area is 196 Å². The Morgan fingerprint density at radius 1 is 0.941 bits per heavy atom. The van der Waals surface area contributed by atoms with Gasteiger partial charge in [-0.05, 0) is 28.8 Å². The Kier molecular flexibility index (Phi) is 7.22. The maximum absolute atomic E-state index is 12.6. The SMILES string of the molecule is O=C(CCC(F)(F)F)N1CCOc2ccc(C(O)C(c3ccccc3)c3ccccc3)cc2C1. The first-order chi connectivity index (χ1) is 16.3. The number of aliphatic hydroxyl groups excluding tert-OH is 1. The molecule has 1 N–H and O–H groups in total. The first-order valence-electron chi connectivity index (χ1n) is 11.2. The highest BCUT2D eigenvalue weighted by Gasteiger charge is 2.30. The number of carbonyl (C=O) groups is 1. The molecule has 7 heteroatoms. The van der Waals surface area contributed by atoms with Gasteiger partial charge in [-0.25, -0.2) is 0 Å². The van der Waals surface area contributed by atoms with Gasteiger partial charge in [-0.15, -0.1) is 0 Å². The molecule has 0 saturated carbocycles. The molecular formula is C27H26F3NO3. The lowest BCUT2D eigenvalue weighted by molar-refractivity contribution is -0.149. The molecule has 1 aliphatic rings. The van der Waals surface area contributed by atoms with Gasteiger partial charge in [0.25, 0.3) is 0 Å². The van der Waals surface area contributed by atoms with Gasteiger partial charge in [0.2, 0.25) is 5.91 Å². The molecule has 0 spiro atoms. The summed E-state index contributed by atoms with van der Waals surface area (Å²) < 4.78 is 43.5. The molecule has 0 aromatic heterocycles. The third-order valence-electron chi connectivity index (χ3n) is 6.01. The fourth-order valence-corrected chi connectivity index (χ4v) is 4.29. The molecule has 0 saturated heterocycles. The summed E-state index contributed by atoms with van der Waals surface area (Å²) >= 11 is 0. The minimum atomic E-state index is -4.38. The van der Waals surface area contributed by atoms with Crippen LogP contribution in [0.5, 0.6) is 5.75 Å². The summed E-state index contributed by atoms with van der Waals surface area (Å²) in [4.78, 5) is 13.8. The minimum Gasteiger partial charge on any atom is -0.491 e. The molecule has 0 fully saturated rings. The highest BCUT2D eigenvalue weighted by atomic mass is 19.4. The summed E-state index contributed by atoms with van der Waals surface area (Å²) in [6, 6.07) is 24.7. The van der Waals surface area contributed by atoms with Crippen LogP contribution >= 0.6 is 0 Å². The molecule has 1 heterocycles. The predicted molar refractivity (Wildman–Crippen MR) is 122 cm³/mol. The van der Waals surface area contributed by atoms with Crippen molar-refractivity contribution in [2.75, 3.05) is 13.2 Å². The molecule has 4 nitrogen and oxygen atoms in total. The fraction of sp³-hybridized carbons (Fsp3) is 0.296. The third-order valence-corrected chi connectivity index (χ3v) is 6.01. The van der Waals surface area contributed by atoms with E-state index in [1.54, 1.807) is 18.2 Å². The topological polar surface area (TPSA) is 49.8 Å². The van der Waals surface area contributed by atoms with E-state index in [4.69, 9.17) is 4.74 Å². The van der Waals surface area contributed by atoms with Crippen molar-refractivity contribution in [1.82, 2.24) is 4.90 Å². The quantitative estimate of drug-likeness (QED) is 0.510. The lowest BCUT2D eigenvalue weighted by Crippen LogP contribution is -2.33. The van der Waals surface area contributed by atoms with Crippen molar-refractivity contribution in [2.45, 2.75) is 37.6 Å². The van der Waals surface area contributed by atoms with Crippen molar-refractivity contribution in [3.05, 3.63) is 101 Å². The van der Waals surface area contributed by atoms with Crippen LogP contribution < -0.4 is 4.74 Å². The van der Waals surface area contributed by atoms with Gasteiger partial charge in [-0.2, -0.15) is 13.2 Å². The molecule has 0 radical (unpaired) electrons. The van der Waals surface area contributed by atoms with Crippen molar-refractivity contribution in [3.8, 4) is 5.75 Å². The number of ether oxygens (including phenoxy) is 1. The number of aliphatic hydroxyl groups is 1. The second-order valence-electron chi connectivity index (χ2n) is 8.39. The molecule has 178 valence electrons. The first-order valence-corrected chi connectivity index (χ1v) is 11.2. The molecule has 3 aromatic rings. The molecule has 1 amide bonds. The van der Waals surface area contributed by atoms with E-state index < -0.39 is 31.0 Å². The summed E-state index contributed by atoms with van der Waals surface area (Å²) in [6.07, 6.45) is -7.00. The molecule has 34 heavy (non-hydrogen) atoms. The molecule has 1 atom stereocenters. The number of nitrogens with zero attached hydrogens (tertiary/aromatic N) is 1. The monoisotopic (exact) mass is 469 g/mol. The molecule has 0 bridgehead atoms. The maximum atomic E-state index is 12.6. The number of amides is 1. The second-order valence-corrected chi connectivity index (χ2v) is 8.39. The van der Waals surface area contributed by atoms with Gasteiger partial charge in [0.15, 0.2) is 0 Å². The van der Waals surface area contributed by atoms with Crippen LogP contribution in [0.2, 0.25) is 0 Å². The largest absolute Gasteiger partial charge is 0.491 e. The molecule has 0 aliphatic carbocycles. The van der Waals surface area contributed by atoms with E-state index >= 15 is 0 Å². The van der Waals surface area contributed by atoms with Crippen LogP contribution in [0.4, 0.5) is 13.2 Å². The van der Waals surface area contributed by atoms with Gasteiger partial charge in [0.05, 0.1) is 19.1 Å². The Morgan fingerprint density at radius 2 is 1.56 bits per heavy atom. The fourth-order valence-electron chi connectivity index (χ4n) is 4.29. The van der Waals surface area contributed by atoms with Gasteiger partial charge in [0.1, 0.15) is 12.4 Å². The van der Waals surface area contributed by atoms with Crippen LogP contribution in [0.3, 0.4) is 0 Å². The zero-order valence-corrected chi connectivity index (χ0v) is 18.5. The van der Waals surface area contributed by atoms with Gasteiger partial charge in [-0.3, -0.25) is 4.79 Å². The second kappa shape index (κ2) is 10.3. The van der Waals surface area contributed by atoms with Gasteiger partial charge in [-0.1, -0.05) is 66.7 Å². The van der Waals surface area contributed by atoms with Crippen molar-refractivity contribution in [3.63, 3.8) is 0 Å². The van der Waals surface area contributed by atoms with E-state index in [9.17, 15) is 23.1 Å². The van der Waals surface area contributed by atoms with E-state index in [2.05, 4.69) is 0 Å². The van der Waals surface area contributed by atoms with Crippen LogP contribution in [0.15, 0.2) is 78.9 Å². The Balaban J connectivity index is 1.61. The number of halogens is 3. The van der Waals surface area contributed by atoms with Gasteiger partial charge in [0, 0.05) is 24.4 Å². The van der Waals surface area contributed by atoms with Crippen molar-refractivity contribution >= 4 is 5.91 Å². The highest BCUT2D eigenvalue weighted by Crippen LogP contribution is 2.38. The number of hydrogen-bond donors (Lipinski definition) is 1. The number of rotatable bonds is 6. The third kappa shape index (κ3) is 5.78. The lowest BCUT2D eigenvalue weighted by atomic mass is 9.83. The van der Waals surface area contributed by atoms with Crippen LogP contribution in [0.1, 0.15) is 47.1 Å². The smallest absolute Gasteiger partial charge is 0.389 e. The summed E-state index contributed by atoms with van der Waals surface area (Å²) in [5.74, 6) is -0.319. The van der Waals surface area contributed by atoms with Crippen molar-refractivity contribution < 1.29 is 27.8 Å². The molecule has 4 rings (SSSR count). The number of carbonyl (C=O) groups excluding carboxylic acids is 1. The minimum absolute atomic E-state index is 0.133. The number of alkyl halides is 3. The maximum Gasteiger partial charge on any atom is 0.389 e. The van der Waals surface area contributed by atoms with E-state index in [1.165, 1.54) is 4.90 Å².